The van der Waals surface area contributed by atoms with Gasteiger partial charge in [-0.3, -0.25) is 4.79 Å². The van der Waals surface area contributed by atoms with E-state index in [2.05, 4.69) is 21.2 Å². The van der Waals surface area contributed by atoms with Crippen LogP contribution in [-0.4, -0.2) is 50.7 Å². The van der Waals surface area contributed by atoms with Crippen LogP contribution in [0.2, 0.25) is 0 Å². The van der Waals surface area contributed by atoms with Gasteiger partial charge in [-0.05, 0) is 42.5 Å². The molecule has 2 fully saturated rings. The number of carbonyl (C=O) groups is 1. The van der Waals surface area contributed by atoms with Crippen molar-refractivity contribution in [1.29, 1.82) is 0 Å². The number of hydrogen-bond acceptors (Lipinski definition) is 5. The topological polar surface area (TPSA) is 84.9 Å². The molecule has 0 aromatic heterocycles. The summed E-state index contributed by atoms with van der Waals surface area (Å²) in [5.41, 5.74) is 0.128. The molecule has 2 aromatic rings. The zero-order valence-electron chi connectivity index (χ0n) is 15.9. The lowest BCUT2D eigenvalue weighted by Crippen LogP contribution is -2.47. The number of anilines is 1. The number of nitrogens with one attached hydrogen (secondary N) is 1. The maximum Gasteiger partial charge on any atom is 0.258 e. The molecule has 30 heavy (non-hydrogen) atoms. The average Bonchev–Trinajstić information content (AvgIpc) is 3.18. The summed E-state index contributed by atoms with van der Waals surface area (Å²) in [6, 6.07) is 10.0. The minimum Gasteiger partial charge on any atom is -0.347 e. The van der Waals surface area contributed by atoms with Gasteiger partial charge in [-0.25, -0.2) is 12.8 Å². The zero-order chi connectivity index (χ0) is 21.4. The van der Waals surface area contributed by atoms with E-state index < -0.39 is 27.5 Å². The van der Waals surface area contributed by atoms with Crippen molar-refractivity contribution in [3.8, 4) is 0 Å². The van der Waals surface area contributed by atoms with E-state index in [4.69, 9.17) is 9.47 Å². The predicted octanol–water partition coefficient (Wildman–Crippen LogP) is 3.37. The molecule has 2 heterocycles. The summed E-state index contributed by atoms with van der Waals surface area (Å²) < 4.78 is 53.8. The van der Waals surface area contributed by atoms with Crippen molar-refractivity contribution < 1.29 is 27.1 Å². The average molecular weight is 499 g/mol. The fourth-order valence-corrected chi connectivity index (χ4v) is 5.31. The first-order chi connectivity index (χ1) is 14.3. The normalized spacial score (nSPS) is 19.1. The Labute approximate surface area is 182 Å². The molecule has 160 valence electrons. The zero-order valence-corrected chi connectivity index (χ0v) is 18.3. The Morgan fingerprint density at radius 3 is 2.33 bits per heavy atom. The highest BCUT2D eigenvalue weighted by Crippen LogP contribution is 2.33. The number of sulfonamides is 1. The molecule has 0 radical (unpaired) electrons. The van der Waals surface area contributed by atoms with Gasteiger partial charge < -0.3 is 14.8 Å². The van der Waals surface area contributed by atoms with Gasteiger partial charge in [0.15, 0.2) is 5.79 Å². The number of hydrogen-bond donors (Lipinski definition) is 1. The van der Waals surface area contributed by atoms with Gasteiger partial charge in [0.1, 0.15) is 5.82 Å². The van der Waals surface area contributed by atoms with Gasteiger partial charge in [0.05, 0.1) is 23.7 Å². The third-order valence-electron chi connectivity index (χ3n) is 5.22. The van der Waals surface area contributed by atoms with E-state index in [1.807, 2.05) is 0 Å². The van der Waals surface area contributed by atoms with Gasteiger partial charge in [0.2, 0.25) is 10.0 Å². The molecule has 7 nitrogen and oxygen atoms in total. The molecule has 0 bridgehead atoms. The molecule has 2 saturated heterocycles. The fourth-order valence-electron chi connectivity index (χ4n) is 3.57. The summed E-state index contributed by atoms with van der Waals surface area (Å²) in [7, 11) is -3.89. The predicted molar refractivity (Wildman–Crippen MR) is 111 cm³/mol. The highest BCUT2D eigenvalue weighted by Gasteiger charge is 2.42. The van der Waals surface area contributed by atoms with Crippen LogP contribution in [0.15, 0.2) is 51.8 Å². The molecular weight excluding hydrogens is 479 g/mol. The van der Waals surface area contributed by atoms with Crippen molar-refractivity contribution in [2.45, 2.75) is 23.5 Å². The van der Waals surface area contributed by atoms with E-state index in [1.54, 1.807) is 24.3 Å². The van der Waals surface area contributed by atoms with Crippen molar-refractivity contribution in [3.63, 3.8) is 0 Å². The summed E-state index contributed by atoms with van der Waals surface area (Å²) in [5, 5.41) is 2.58. The number of nitrogens with zero attached hydrogens (tertiary/aromatic N) is 1. The van der Waals surface area contributed by atoms with E-state index >= 15 is 0 Å². The molecule has 2 aromatic carbocycles. The number of amides is 1. The van der Waals surface area contributed by atoms with Crippen LogP contribution in [0, 0.1) is 5.82 Å². The van der Waals surface area contributed by atoms with Crippen LogP contribution in [-0.2, 0) is 19.5 Å². The summed E-state index contributed by atoms with van der Waals surface area (Å²) in [4.78, 5) is 12.4. The van der Waals surface area contributed by atoms with Crippen LogP contribution in [0.1, 0.15) is 23.2 Å². The lowest BCUT2D eigenvalue weighted by Gasteiger charge is -2.36. The second-order valence-electron chi connectivity index (χ2n) is 7.11. The maximum atomic E-state index is 14.3. The van der Waals surface area contributed by atoms with E-state index in [9.17, 15) is 17.6 Å². The molecule has 4 rings (SSSR count). The van der Waals surface area contributed by atoms with Crippen LogP contribution in [0.5, 0.6) is 0 Å². The fraction of sp³-hybridized carbons (Fsp3) is 0.350. The summed E-state index contributed by atoms with van der Waals surface area (Å²) in [6.45, 7) is 1.45. The first kappa shape index (κ1) is 21.4. The first-order valence-corrected chi connectivity index (χ1v) is 11.7. The van der Waals surface area contributed by atoms with Crippen molar-refractivity contribution in [2.75, 3.05) is 31.6 Å². The van der Waals surface area contributed by atoms with Gasteiger partial charge in [0.25, 0.3) is 5.91 Å². The number of rotatable bonds is 4. The van der Waals surface area contributed by atoms with Gasteiger partial charge in [0, 0.05) is 36.1 Å². The smallest absolute Gasteiger partial charge is 0.258 e. The summed E-state index contributed by atoms with van der Waals surface area (Å²) in [5.74, 6) is -2.23. The lowest BCUT2D eigenvalue weighted by atomic mass is 10.1. The van der Waals surface area contributed by atoms with E-state index in [0.29, 0.717) is 31.7 Å². The molecule has 2 aliphatic heterocycles. The maximum absolute atomic E-state index is 14.3. The molecule has 2 aliphatic rings. The molecule has 1 N–H and O–H groups in total. The van der Waals surface area contributed by atoms with Crippen LogP contribution in [0.25, 0.3) is 0 Å². The van der Waals surface area contributed by atoms with Gasteiger partial charge in [-0.2, -0.15) is 4.31 Å². The molecule has 0 unspecified atom stereocenters. The monoisotopic (exact) mass is 498 g/mol. The van der Waals surface area contributed by atoms with E-state index in [1.165, 1.54) is 10.4 Å². The Bertz CT molecular complexity index is 1050. The van der Waals surface area contributed by atoms with Crippen LogP contribution in [0.3, 0.4) is 0 Å². The van der Waals surface area contributed by atoms with Crippen molar-refractivity contribution in [2.24, 2.45) is 0 Å². The SMILES string of the molecule is O=C(Nc1ccc(Br)cc1)c1cc(S(=O)(=O)N2CCC3(CC2)OCCO3)ccc1F. The Balaban J connectivity index is 1.53. The van der Waals surface area contributed by atoms with Crippen LogP contribution in [0.4, 0.5) is 10.1 Å². The summed E-state index contributed by atoms with van der Waals surface area (Å²) in [6.07, 6.45) is 0.842. The Morgan fingerprint density at radius 1 is 1.07 bits per heavy atom. The Morgan fingerprint density at radius 2 is 1.70 bits per heavy atom. The van der Waals surface area contributed by atoms with Crippen LogP contribution < -0.4 is 5.32 Å². The van der Waals surface area contributed by atoms with Gasteiger partial charge in [-0.15, -0.1) is 0 Å². The van der Waals surface area contributed by atoms with Gasteiger partial charge in [-0.1, -0.05) is 15.9 Å². The minimum atomic E-state index is -3.89. The number of ether oxygens (including phenoxy) is 2. The number of carbonyl (C=O) groups excluding carboxylic acids is 1. The molecule has 0 saturated carbocycles. The third kappa shape index (κ3) is 4.28. The molecule has 1 spiro atoms. The lowest BCUT2D eigenvalue weighted by molar-refractivity contribution is -0.179. The van der Waals surface area contributed by atoms with E-state index in [0.717, 1.165) is 16.6 Å². The second-order valence-corrected chi connectivity index (χ2v) is 9.97. The second kappa shape index (κ2) is 8.35. The van der Waals surface area contributed by atoms with E-state index in [-0.39, 0.29) is 23.5 Å². The highest BCUT2D eigenvalue weighted by molar-refractivity contribution is 9.10. The first-order valence-electron chi connectivity index (χ1n) is 9.44. The Hall–Kier alpha value is -1.85. The minimum absolute atomic E-state index is 0.130. The molecule has 10 heteroatoms. The van der Waals surface area contributed by atoms with Gasteiger partial charge >= 0.3 is 0 Å². The molecule has 0 aliphatic carbocycles. The highest BCUT2D eigenvalue weighted by atomic mass is 79.9. The summed E-state index contributed by atoms with van der Waals surface area (Å²) >= 11 is 3.30. The van der Waals surface area contributed by atoms with Crippen molar-refractivity contribution in [3.05, 3.63) is 58.3 Å². The third-order valence-corrected chi connectivity index (χ3v) is 7.64. The van der Waals surface area contributed by atoms with Crippen molar-refractivity contribution in [1.82, 2.24) is 4.31 Å². The molecular formula is C20H20BrFN2O5S. The standard InChI is InChI=1S/C20H20BrFN2O5S/c21-14-1-3-15(4-2-14)23-19(25)17-13-16(5-6-18(17)22)30(26,27)24-9-7-20(8-10-24)28-11-12-29-20/h1-6,13H,7-12H2,(H,23,25). The van der Waals surface area contributed by atoms with Crippen molar-refractivity contribution >= 4 is 37.5 Å². The number of halogens is 2. The largest absolute Gasteiger partial charge is 0.347 e. The Kier molecular flexibility index (Phi) is 5.95. The number of benzene rings is 2. The quantitative estimate of drug-likeness (QED) is 0.698. The van der Waals surface area contributed by atoms with Crippen LogP contribution >= 0.6 is 15.9 Å². The molecule has 0 atom stereocenters. The molecule has 1 amide bonds. The number of piperidine rings is 1.